The highest BCUT2D eigenvalue weighted by atomic mass is 16.5. The highest BCUT2D eigenvalue weighted by molar-refractivity contribution is 5.79. The van der Waals surface area contributed by atoms with Gasteiger partial charge >= 0.3 is 0 Å². The fraction of sp³-hybridized carbons (Fsp3) is 0.950. The van der Waals surface area contributed by atoms with Gasteiger partial charge < -0.3 is 20.3 Å². The summed E-state index contributed by atoms with van der Waals surface area (Å²) >= 11 is 0. The van der Waals surface area contributed by atoms with E-state index in [1.165, 1.54) is 38.9 Å². The van der Waals surface area contributed by atoms with E-state index in [1.54, 1.807) is 0 Å². The van der Waals surface area contributed by atoms with Gasteiger partial charge in [0.15, 0.2) is 5.96 Å². The fourth-order valence-corrected chi connectivity index (χ4v) is 3.63. The molecule has 1 rings (SSSR count). The summed E-state index contributed by atoms with van der Waals surface area (Å²) in [6, 6.07) is 0. The van der Waals surface area contributed by atoms with E-state index in [9.17, 15) is 0 Å². The van der Waals surface area contributed by atoms with Crippen molar-refractivity contribution in [3.8, 4) is 0 Å². The lowest BCUT2D eigenvalue weighted by molar-refractivity contribution is 0.139. The Balaban J connectivity index is 2.12. The average molecular weight is 355 g/mol. The number of ether oxygens (including phenoxy) is 1. The van der Waals surface area contributed by atoms with Crippen LogP contribution in [0, 0.1) is 11.8 Å². The van der Waals surface area contributed by atoms with Crippen molar-refractivity contribution in [3.63, 3.8) is 0 Å². The first-order valence-electron chi connectivity index (χ1n) is 10.5. The van der Waals surface area contributed by atoms with Gasteiger partial charge in [-0.3, -0.25) is 4.99 Å². The van der Waals surface area contributed by atoms with Crippen LogP contribution >= 0.6 is 0 Å². The molecule has 2 atom stereocenters. The first-order valence-corrected chi connectivity index (χ1v) is 10.5. The number of rotatable bonds is 12. The number of hydrogen-bond donors (Lipinski definition) is 2. The van der Waals surface area contributed by atoms with E-state index in [1.807, 2.05) is 6.92 Å². The zero-order chi connectivity index (χ0) is 18.3. The number of nitrogens with one attached hydrogen (secondary N) is 2. The first-order chi connectivity index (χ1) is 12.2. The number of hydrogen-bond acceptors (Lipinski definition) is 3. The molecule has 0 aromatic heterocycles. The molecule has 0 radical (unpaired) electrons. The van der Waals surface area contributed by atoms with Crippen LogP contribution in [0.2, 0.25) is 0 Å². The van der Waals surface area contributed by atoms with Crippen molar-refractivity contribution in [2.75, 3.05) is 52.5 Å². The van der Waals surface area contributed by atoms with Crippen LogP contribution in [0.5, 0.6) is 0 Å². The number of piperidine rings is 1. The summed E-state index contributed by atoms with van der Waals surface area (Å²) in [6.45, 7) is 17.2. The molecule has 1 aliphatic heterocycles. The minimum Gasteiger partial charge on any atom is -0.382 e. The Labute approximate surface area is 156 Å². The number of unbranched alkanes of at least 4 members (excludes halogenated alkanes) is 2. The molecule has 0 aromatic rings. The van der Waals surface area contributed by atoms with Crippen molar-refractivity contribution in [1.29, 1.82) is 0 Å². The van der Waals surface area contributed by atoms with Gasteiger partial charge in [0.2, 0.25) is 0 Å². The lowest BCUT2D eigenvalue weighted by Crippen LogP contribution is -2.39. The van der Waals surface area contributed by atoms with Crippen LogP contribution in [0.25, 0.3) is 0 Å². The number of guanidine groups is 1. The Bertz CT molecular complexity index is 339. The molecule has 0 spiro atoms. The van der Waals surface area contributed by atoms with Crippen molar-refractivity contribution in [1.82, 2.24) is 15.5 Å². The number of aliphatic imine (C=N–C) groups is 1. The molecule has 0 saturated carbocycles. The third kappa shape index (κ3) is 11.4. The summed E-state index contributed by atoms with van der Waals surface area (Å²) in [6.07, 6.45) is 6.03. The molecule has 1 heterocycles. The van der Waals surface area contributed by atoms with Crippen LogP contribution in [0.4, 0.5) is 0 Å². The van der Waals surface area contributed by atoms with Gasteiger partial charge in [-0.2, -0.15) is 0 Å². The normalized spacial score (nSPS) is 22.2. The zero-order valence-corrected chi connectivity index (χ0v) is 17.1. The zero-order valence-electron chi connectivity index (χ0n) is 17.1. The van der Waals surface area contributed by atoms with Crippen molar-refractivity contribution in [3.05, 3.63) is 0 Å². The van der Waals surface area contributed by atoms with Gasteiger partial charge in [0, 0.05) is 45.9 Å². The minimum absolute atomic E-state index is 0.812. The molecule has 0 aromatic carbocycles. The molecule has 1 fully saturated rings. The molecule has 5 heteroatoms. The second kappa shape index (κ2) is 14.4. The Morgan fingerprint density at radius 1 is 1.04 bits per heavy atom. The average Bonchev–Trinajstić information content (AvgIpc) is 2.56. The van der Waals surface area contributed by atoms with Crippen LogP contribution in [0.15, 0.2) is 4.99 Å². The fourth-order valence-electron chi connectivity index (χ4n) is 3.63. The molecule has 1 saturated heterocycles. The summed E-state index contributed by atoms with van der Waals surface area (Å²) in [4.78, 5) is 7.35. The van der Waals surface area contributed by atoms with E-state index in [2.05, 4.69) is 36.3 Å². The Hall–Kier alpha value is -0.810. The third-order valence-electron chi connectivity index (χ3n) is 4.65. The van der Waals surface area contributed by atoms with Gasteiger partial charge in [-0.1, -0.05) is 13.8 Å². The summed E-state index contributed by atoms with van der Waals surface area (Å²) in [5.41, 5.74) is 0. The Morgan fingerprint density at radius 3 is 2.48 bits per heavy atom. The molecule has 0 bridgehead atoms. The standard InChI is InChI=1S/C20H42N4O/c1-5-21-20(23-12-8-10-14-25-6-2)22-11-7-9-13-24-16-18(3)15-19(4)17-24/h18-19H,5-17H2,1-4H3,(H2,21,22,23). The topological polar surface area (TPSA) is 48.9 Å². The van der Waals surface area contributed by atoms with Crippen molar-refractivity contribution < 1.29 is 4.74 Å². The molecule has 148 valence electrons. The molecule has 1 aliphatic rings. The summed E-state index contributed by atoms with van der Waals surface area (Å²) in [5, 5.41) is 6.76. The van der Waals surface area contributed by atoms with Gasteiger partial charge in [0.1, 0.15) is 0 Å². The van der Waals surface area contributed by atoms with E-state index in [0.717, 1.165) is 63.5 Å². The van der Waals surface area contributed by atoms with Crippen molar-refractivity contribution in [2.24, 2.45) is 16.8 Å². The second-order valence-corrected chi connectivity index (χ2v) is 7.50. The molecular weight excluding hydrogens is 312 g/mol. The Morgan fingerprint density at radius 2 is 1.80 bits per heavy atom. The molecule has 5 nitrogen and oxygen atoms in total. The third-order valence-corrected chi connectivity index (χ3v) is 4.65. The van der Waals surface area contributed by atoms with Crippen molar-refractivity contribution in [2.45, 2.75) is 59.8 Å². The summed E-state index contributed by atoms with van der Waals surface area (Å²) < 4.78 is 5.37. The van der Waals surface area contributed by atoms with E-state index in [0.29, 0.717) is 0 Å². The lowest BCUT2D eigenvalue weighted by atomic mass is 9.92. The van der Waals surface area contributed by atoms with Gasteiger partial charge in [0.05, 0.1) is 0 Å². The lowest BCUT2D eigenvalue weighted by Gasteiger charge is -2.34. The summed E-state index contributed by atoms with van der Waals surface area (Å²) in [5.74, 6) is 2.67. The van der Waals surface area contributed by atoms with E-state index in [4.69, 9.17) is 9.73 Å². The second-order valence-electron chi connectivity index (χ2n) is 7.50. The highest BCUT2D eigenvalue weighted by Gasteiger charge is 2.20. The molecule has 0 amide bonds. The highest BCUT2D eigenvalue weighted by Crippen LogP contribution is 2.20. The van der Waals surface area contributed by atoms with Crippen molar-refractivity contribution >= 4 is 5.96 Å². The molecule has 2 unspecified atom stereocenters. The van der Waals surface area contributed by atoms with Gasteiger partial charge in [0.25, 0.3) is 0 Å². The van der Waals surface area contributed by atoms with Crippen LogP contribution in [0.1, 0.15) is 59.8 Å². The smallest absolute Gasteiger partial charge is 0.191 e. The Kier molecular flexibility index (Phi) is 12.8. The number of nitrogens with zero attached hydrogens (tertiary/aromatic N) is 2. The summed E-state index contributed by atoms with van der Waals surface area (Å²) in [7, 11) is 0. The molecule has 0 aliphatic carbocycles. The maximum absolute atomic E-state index is 5.37. The maximum atomic E-state index is 5.37. The first kappa shape index (κ1) is 22.2. The largest absolute Gasteiger partial charge is 0.382 e. The van der Waals surface area contributed by atoms with E-state index < -0.39 is 0 Å². The predicted octanol–water partition coefficient (Wildman–Crippen LogP) is 3.12. The SMILES string of the molecule is CCNC(=NCCCCN1CC(C)CC(C)C1)NCCCCOCC. The van der Waals surface area contributed by atoms with Crippen LogP contribution in [-0.4, -0.2) is 63.3 Å². The maximum Gasteiger partial charge on any atom is 0.191 e. The van der Waals surface area contributed by atoms with Crippen LogP contribution in [0.3, 0.4) is 0 Å². The molecular formula is C20H42N4O. The van der Waals surface area contributed by atoms with Gasteiger partial charge in [-0.25, -0.2) is 0 Å². The van der Waals surface area contributed by atoms with E-state index >= 15 is 0 Å². The number of likely N-dealkylation sites (tertiary alicyclic amines) is 1. The van der Waals surface area contributed by atoms with Crippen LogP contribution in [-0.2, 0) is 4.74 Å². The van der Waals surface area contributed by atoms with Gasteiger partial charge in [-0.05, 0) is 64.3 Å². The van der Waals surface area contributed by atoms with Gasteiger partial charge in [-0.15, -0.1) is 0 Å². The molecule has 25 heavy (non-hydrogen) atoms. The van der Waals surface area contributed by atoms with Crippen LogP contribution < -0.4 is 10.6 Å². The molecule has 2 N–H and O–H groups in total. The monoisotopic (exact) mass is 354 g/mol. The predicted molar refractivity (Wildman–Crippen MR) is 108 cm³/mol. The quantitative estimate of drug-likeness (QED) is 0.321. The minimum atomic E-state index is 0.812. The van der Waals surface area contributed by atoms with E-state index in [-0.39, 0.29) is 0 Å².